The lowest BCUT2D eigenvalue weighted by Crippen LogP contribution is -2.04. The molecule has 3 aromatic rings. The molecule has 3 rings (SSSR count). The van der Waals surface area contributed by atoms with Crippen LogP contribution in [0.4, 0.5) is 0 Å². The van der Waals surface area contributed by atoms with Gasteiger partial charge in [0.25, 0.3) is 0 Å². The average molecular weight is 312 g/mol. The summed E-state index contributed by atoms with van der Waals surface area (Å²) in [6, 6.07) is 11.9. The number of pyridine rings is 1. The number of aromatic nitrogens is 3. The molecule has 2 aromatic heterocycles. The van der Waals surface area contributed by atoms with Crippen molar-refractivity contribution in [2.24, 2.45) is 0 Å². The molecule has 22 heavy (non-hydrogen) atoms. The molecule has 0 aliphatic rings. The van der Waals surface area contributed by atoms with Crippen LogP contribution in [0.15, 0.2) is 54.9 Å². The number of benzene rings is 1. The summed E-state index contributed by atoms with van der Waals surface area (Å²) >= 11 is 5.87. The number of hydrogen-bond acceptors (Lipinski definition) is 4. The van der Waals surface area contributed by atoms with Crippen molar-refractivity contribution >= 4 is 17.6 Å². The smallest absolute Gasteiger partial charge is 0.354 e. The van der Waals surface area contributed by atoms with Crippen LogP contribution in [0.3, 0.4) is 0 Å². The van der Waals surface area contributed by atoms with Crippen LogP contribution in [0.2, 0.25) is 5.02 Å². The quantitative estimate of drug-likeness (QED) is 0.800. The van der Waals surface area contributed by atoms with Gasteiger partial charge in [0.15, 0.2) is 11.5 Å². The Labute approximate surface area is 131 Å². The molecule has 0 unspecified atom stereocenters. The van der Waals surface area contributed by atoms with Gasteiger partial charge < -0.3 is 5.11 Å². The highest BCUT2D eigenvalue weighted by molar-refractivity contribution is 6.30. The molecule has 0 amide bonds. The summed E-state index contributed by atoms with van der Waals surface area (Å²) < 4.78 is 0. The third-order valence-electron chi connectivity index (χ3n) is 3.02. The lowest BCUT2D eigenvalue weighted by Gasteiger charge is -2.06. The summed E-state index contributed by atoms with van der Waals surface area (Å²) in [5.41, 5.74) is 1.93. The molecule has 5 nitrogen and oxygen atoms in total. The normalized spacial score (nSPS) is 10.4. The molecule has 0 radical (unpaired) electrons. The van der Waals surface area contributed by atoms with Crippen molar-refractivity contribution in [1.82, 2.24) is 15.0 Å². The second kappa shape index (κ2) is 5.91. The summed E-state index contributed by atoms with van der Waals surface area (Å²) in [6.07, 6.45) is 3.21. The molecule has 1 N–H and O–H groups in total. The fourth-order valence-corrected chi connectivity index (χ4v) is 2.08. The number of carbonyl (C=O) groups is 1. The molecule has 0 fully saturated rings. The molecule has 0 bridgehead atoms. The lowest BCUT2D eigenvalue weighted by atomic mass is 10.1. The maximum atomic E-state index is 11.3. The van der Waals surface area contributed by atoms with E-state index in [4.69, 9.17) is 11.6 Å². The molecule has 0 saturated heterocycles. The van der Waals surface area contributed by atoms with Gasteiger partial charge in [-0.25, -0.2) is 14.8 Å². The number of aromatic carboxylic acids is 1. The van der Waals surface area contributed by atoms with Gasteiger partial charge in [-0.1, -0.05) is 23.7 Å². The topological polar surface area (TPSA) is 76.0 Å². The van der Waals surface area contributed by atoms with E-state index in [9.17, 15) is 9.90 Å². The number of carboxylic acid groups (broad SMARTS) is 1. The van der Waals surface area contributed by atoms with Crippen molar-refractivity contribution < 1.29 is 9.90 Å². The molecule has 0 spiro atoms. The first-order valence-electron chi connectivity index (χ1n) is 6.42. The van der Waals surface area contributed by atoms with Gasteiger partial charge in [0.2, 0.25) is 0 Å². The summed E-state index contributed by atoms with van der Waals surface area (Å²) in [5.74, 6) is -0.764. The van der Waals surface area contributed by atoms with Gasteiger partial charge in [0.05, 0.1) is 5.69 Å². The first kappa shape index (κ1) is 14.2. The highest BCUT2D eigenvalue weighted by Gasteiger charge is 2.13. The number of rotatable bonds is 3. The van der Waals surface area contributed by atoms with E-state index >= 15 is 0 Å². The number of hydrogen-bond donors (Lipinski definition) is 1. The maximum absolute atomic E-state index is 11.3. The van der Waals surface area contributed by atoms with Crippen LogP contribution in [0.1, 0.15) is 10.5 Å². The van der Waals surface area contributed by atoms with Crippen molar-refractivity contribution in [1.29, 1.82) is 0 Å². The van der Waals surface area contributed by atoms with E-state index in [0.717, 1.165) is 5.56 Å². The van der Waals surface area contributed by atoms with Crippen LogP contribution >= 0.6 is 11.6 Å². The van der Waals surface area contributed by atoms with Gasteiger partial charge in [0.1, 0.15) is 0 Å². The molecule has 2 heterocycles. The molecule has 0 aliphatic heterocycles. The van der Waals surface area contributed by atoms with Crippen molar-refractivity contribution in [2.45, 2.75) is 0 Å². The molecular weight excluding hydrogens is 302 g/mol. The number of carboxylic acids is 1. The predicted molar refractivity (Wildman–Crippen MR) is 82.7 cm³/mol. The molecule has 0 aliphatic carbocycles. The van der Waals surface area contributed by atoms with Crippen molar-refractivity contribution in [3.63, 3.8) is 0 Å². The van der Waals surface area contributed by atoms with Crippen molar-refractivity contribution in [3.05, 3.63) is 65.6 Å². The van der Waals surface area contributed by atoms with Crippen LogP contribution < -0.4 is 0 Å². The predicted octanol–water partition coefficient (Wildman–Crippen LogP) is 3.56. The third kappa shape index (κ3) is 2.94. The van der Waals surface area contributed by atoms with Gasteiger partial charge in [-0.15, -0.1) is 0 Å². The minimum atomic E-state index is -1.10. The standard InChI is InChI=1S/C16H10ClN3O2/c17-12-3-1-10(2-4-12)13-9-14(16(21)22)20-15(19-13)11-5-7-18-8-6-11/h1-9H,(H,21,22). The van der Waals surface area contributed by atoms with E-state index in [1.54, 1.807) is 48.8 Å². The fourth-order valence-electron chi connectivity index (χ4n) is 1.96. The fraction of sp³-hybridized carbons (Fsp3) is 0. The van der Waals surface area contributed by atoms with E-state index in [1.165, 1.54) is 6.07 Å². The second-order valence-corrected chi connectivity index (χ2v) is 4.95. The van der Waals surface area contributed by atoms with Gasteiger partial charge in [0, 0.05) is 28.5 Å². The zero-order valence-electron chi connectivity index (χ0n) is 11.3. The maximum Gasteiger partial charge on any atom is 0.354 e. The van der Waals surface area contributed by atoms with Gasteiger partial charge >= 0.3 is 5.97 Å². The number of nitrogens with zero attached hydrogens (tertiary/aromatic N) is 3. The minimum absolute atomic E-state index is 0.0632. The van der Waals surface area contributed by atoms with Gasteiger partial charge in [-0.3, -0.25) is 4.98 Å². The summed E-state index contributed by atoms with van der Waals surface area (Å²) in [6.45, 7) is 0. The zero-order chi connectivity index (χ0) is 15.5. The third-order valence-corrected chi connectivity index (χ3v) is 3.28. The molecule has 0 atom stereocenters. The Kier molecular flexibility index (Phi) is 3.80. The Morgan fingerprint density at radius 2 is 1.64 bits per heavy atom. The summed E-state index contributed by atoms with van der Waals surface area (Å²) in [7, 11) is 0. The molecule has 1 aromatic carbocycles. The Morgan fingerprint density at radius 1 is 0.955 bits per heavy atom. The van der Waals surface area contributed by atoms with Crippen LogP contribution in [-0.2, 0) is 0 Å². The average Bonchev–Trinajstić information content (AvgIpc) is 2.56. The summed E-state index contributed by atoms with van der Waals surface area (Å²) in [5, 5.41) is 9.85. The molecule has 108 valence electrons. The van der Waals surface area contributed by atoms with E-state index < -0.39 is 5.97 Å². The minimum Gasteiger partial charge on any atom is -0.477 e. The Hall–Kier alpha value is -2.79. The van der Waals surface area contributed by atoms with Crippen molar-refractivity contribution in [3.8, 4) is 22.6 Å². The zero-order valence-corrected chi connectivity index (χ0v) is 12.0. The van der Waals surface area contributed by atoms with E-state index in [0.29, 0.717) is 22.1 Å². The second-order valence-electron chi connectivity index (χ2n) is 4.51. The van der Waals surface area contributed by atoms with E-state index in [2.05, 4.69) is 15.0 Å². The highest BCUT2D eigenvalue weighted by atomic mass is 35.5. The highest BCUT2D eigenvalue weighted by Crippen LogP contribution is 2.23. The number of halogens is 1. The SMILES string of the molecule is O=C(O)c1cc(-c2ccc(Cl)cc2)nc(-c2ccncc2)n1. The molecule has 6 heteroatoms. The van der Waals surface area contributed by atoms with Gasteiger partial charge in [-0.2, -0.15) is 0 Å². The van der Waals surface area contributed by atoms with Crippen LogP contribution in [0.5, 0.6) is 0 Å². The monoisotopic (exact) mass is 311 g/mol. The Balaban J connectivity index is 2.16. The molecule has 0 saturated carbocycles. The van der Waals surface area contributed by atoms with Crippen LogP contribution in [0.25, 0.3) is 22.6 Å². The van der Waals surface area contributed by atoms with Crippen LogP contribution in [-0.4, -0.2) is 26.0 Å². The first-order valence-corrected chi connectivity index (χ1v) is 6.80. The Bertz CT molecular complexity index is 821. The van der Waals surface area contributed by atoms with Gasteiger partial charge in [-0.05, 0) is 30.3 Å². The molecular formula is C16H10ClN3O2. The summed E-state index contributed by atoms with van der Waals surface area (Å²) in [4.78, 5) is 23.8. The van der Waals surface area contributed by atoms with E-state index in [1.807, 2.05) is 0 Å². The van der Waals surface area contributed by atoms with E-state index in [-0.39, 0.29) is 5.69 Å². The van der Waals surface area contributed by atoms with Crippen LogP contribution in [0, 0.1) is 0 Å². The lowest BCUT2D eigenvalue weighted by molar-refractivity contribution is 0.0690. The van der Waals surface area contributed by atoms with Crippen molar-refractivity contribution in [2.75, 3.05) is 0 Å². The largest absolute Gasteiger partial charge is 0.477 e. The Morgan fingerprint density at radius 3 is 2.27 bits per heavy atom. The first-order chi connectivity index (χ1) is 10.6.